The molecule has 0 saturated heterocycles. The van der Waals surface area contributed by atoms with Crippen LogP contribution in [-0.4, -0.2) is 71.9 Å². The third-order valence-corrected chi connectivity index (χ3v) is 3.54. The van der Waals surface area contributed by atoms with Crippen molar-refractivity contribution in [1.29, 1.82) is 0 Å². The van der Waals surface area contributed by atoms with Gasteiger partial charge in [-0.15, -0.1) is 0 Å². The van der Waals surface area contributed by atoms with Crippen molar-refractivity contribution in [3.05, 3.63) is 0 Å². The Bertz CT molecular complexity index is 110. The van der Waals surface area contributed by atoms with Gasteiger partial charge in [-0.05, 0) is 0 Å². The zero-order chi connectivity index (χ0) is 10.9. The molecule has 0 saturated carbocycles. The summed E-state index contributed by atoms with van der Waals surface area (Å²) in [5.41, 5.74) is 0. The maximum atomic E-state index is 9.67. The topological polar surface area (TPSA) is 9.23 Å². The second kappa shape index (κ2) is 10.2. The summed E-state index contributed by atoms with van der Waals surface area (Å²) in [5.74, 6) is 0. The van der Waals surface area contributed by atoms with Crippen molar-refractivity contribution in [3.8, 4) is 0 Å². The molecule has 1 nitrogen and oxygen atoms in total. The third-order valence-electron chi connectivity index (χ3n) is 1.20. The van der Waals surface area contributed by atoms with Gasteiger partial charge in [-0.1, -0.05) is 0 Å². The SMILES string of the molecule is C[Si](C)(C)CCO[CH2][K].FB(F)F. The first-order valence-corrected chi connectivity index (χ1v) is 10.2. The van der Waals surface area contributed by atoms with E-state index in [1.807, 2.05) is 0 Å². The molecule has 0 rings (SSSR count). The van der Waals surface area contributed by atoms with Gasteiger partial charge in [0.25, 0.3) is 0 Å². The largest absolute Gasteiger partial charge is 0.762 e. The Hall–Kier alpha value is 1.67. The van der Waals surface area contributed by atoms with Crippen LogP contribution in [0.15, 0.2) is 0 Å². The summed E-state index contributed by atoms with van der Waals surface area (Å²) in [6, 6.07) is 1.32. The summed E-state index contributed by atoms with van der Waals surface area (Å²) in [5, 5.41) is 0. The fraction of sp³-hybridized carbons (Fsp3) is 1.00. The molecule has 0 aromatic rings. The monoisotopic (exact) mass is 238 g/mol. The Morgan fingerprint density at radius 3 is 1.85 bits per heavy atom. The van der Waals surface area contributed by atoms with Crippen LogP contribution < -0.4 is 0 Å². The molecular weight excluding hydrogens is 223 g/mol. The molecule has 74 valence electrons. The van der Waals surface area contributed by atoms with Crippen molar-refractivity contribution in [2.75, 3.05) is 7.31 Å². The summed E-state index contributed by atoms with van der Waals surface area (Å²) >= 11 is 0.881. The Kier molecular flexibility index (Phi) is 13.4. The van der Waals surface area contributed by atoms with Crippen LogP contribution in [0.1, 0.15) is 0 Å². The van der Waals surface area contributed by atoms with E-state index in [4.69, 9.17) is 4.74 Å². The van der Waals surface area contributed by atoms with Gasteiger partial charge in [0.05, 0.1) is 0 Å². The Morgan fingerprint density at radius 2 is 1.62 bits per heavy atom. The maximum Gasteiger partial charge on any atom is 0.762 e. The van der Waals surface area contributed by atoms with E-state index in [0.717, 1.165) is 56.3 Å². The van der Waals surface area contributed by atoms with Gasteiger partial charge in [0.15, 0.2) is 0 Å². The van der Waals surface area contributed by atoms with Gasteiger partial charge in [0.1, 0.15) is 0 Å². The molecule has 7 heteroatoms. The Labute approximate surface area is 114 Å². The van der Waals surface area contributed by atoms with Crippen LogP contribution in [0.3, 0.4) is 0 Å². The predicted octanol–water partition coefficient (Wildman–Crippen LogP) is 2.35. The first-order valence-electron chi connectivity index (χ1n) is 4.29. The molecule has 0 heterocycles. The van der Waals surface area contributed by atoms with Gasteiger partial charge in [-0.25, -0.2) is 0 Å². The number of halogens is 3. The molecule has 0 fully saturated rings. The molecule has 0 aliphatic rings. The summed E-state index contributed by atoms with van der Waals surface area (Å²) in [7, 11) is -4.47. The Balaban J connectivity index is 0. The number of rotatable bonds is 4. The number of hydrogen-bond donors (Lipinski definition) is 0. The standard InChI is InChI=1S/C6H15OSi.BF3.K/c1-7-5-6-8(2,3)4;2-1(3)4;/h1,5-6H2,2-4H3;;. The second-order valence-electron chi connectivity index (χ2n) is 3.76. The predicted molar refractivity (Wildman–Crippen MR) is 53.8 cm³/mol. The van der Waals surface area contributed by atoms with Crippen LogP contribution in [-0.2, 0) is 4.74 Å². The van der Waals surface area contributed by atoms with E-state index in [1.54, 1.807) is 0 Å². The van der Waals surface area contributed by atoms with Gasteiger partial charge in [0, 0.05) is 0 Å². The van der Waals surface area contributed by atoms with Crippen molar-refractivity contribution in [3.63, 3.8) is 0 Å². The molecule has 0 aliphatic heterocycles. The number of ether oxygens (including phenoxy) is 1. The fourth-order valence-electron chi connectivity index (χ4n) is 0.523. The minimum Gasteiger partial charge on any atom is -0.254 e. The van der Waals surface area contributed by atoms with Crippen molar-refractivity contribution < 1.29 is 17.7 Å². The maximum absolute atomic E-state index is 9.67. The van der Waals surface area contributed by atoms with E-state index >= 15 is 0 Å². The zero-order valence-corrected chi connectivity index (χ0v) is 12.9. The van der Waals surface area contributed by atoms with Crippen LogP contribution in [0.5, 0.6) is 0 Å². The zero-order valence-electron chi connectivity index (χ0n) is 8.74. The molecule has 0 aromatic carbocycles. The number of hydrogen-bond acceptors (Lipinski definition) is 1. The molecular formula is C6H15BF3KOSi. The molecule has 0 N–H and O–H groups in total. The average molecular weight is 238 g/mol. The van der Waals surface area contributed by atoms with Gasteiger partial charge in [-0.2, -0.15) is 0 Å². The van der Waals surface area contributed by atoms with E-state index in [2.05, 4.69) is 19.6 Å². The van der Waals surface area contributed by atoms with Crippen molar-refractivity contribution in [2.45, 2.75) is 25.7 Å². The molecule has 0 amide bonds. The summed E-state index contributed by atoms with van der Waals surface area (Å²) in [4.78, 5) is 0. The van der Waals surface area contributed by atoms with Crippen molar-refractivity contribution in [1.82, 2.24) is 0 Å². The van der Waals surface area contributed by atoms with Crippen LogP contribution in [0.25, 0.3) is 0 Å². The minimum absolute atomic E-state index is 0.799. The van der Waals surface area contributed by atoms with Gasteiger partial charge in [-0.3, -0.25) is 12.9 Å². The normalized spacial score (nSPS) is 10.5. The van der Waals surface area contributed by atoms with Crippen molar-refractivity contribution in [2.24, 2.45) is 0 Å². The van der Waals surface area contributed by atoms with Crippen molar-refractivity contribution >= 4 is 64.6 Å². The molecule has 0 aromatic heterocycles. The first kappa shape index (κ1) is 17.1. The summed E-state index contributed by atoms with van der Waals surface area (Å²) < 4.78 is 35.4. The summed E-state index contributed by atoms with van der Waals surface area (Å²) in [6.45, 7) is 8.16. The van der Waals surface area contributed by atoms with E-state index in [-0.39, 0.29) is 0 Å². The van der Waals surface area contributed by atoms with E-state index in [9.17, 15) is 12.9 Å². The molecule has 0 atom stereocenters. The minimum atomic E-state index is -3.67. The first-order chi connectivity index (χ1) is 5.79. The second-order valence-corrected chi connectivity index (χ2v) is 10.3. The van der Waals surface area contributed by atoms with Crippen LogP contribution >= 0.6 is 0 Å². The molecule has 13 heavy (non-hydrogen) atoms. The Morgan fingerprint density at radius 1 is 1.23 bits per heavy atom. The third kappa shape index (κ3) is 31.6. The molecule has 0 radical (unpaired) electrons. The summed E-state index contributed by atoms with van der Waals surface area (Å²) in [6.07, 6.45) is 0. The van der Waals surface area contributed by atoms with Crippen LogP contribution in [0.2, 0.25) is 25.7 Å². The van der Waals surface area contributed by atoms with Gasteiger partial charge >= 0.3 is 102 Å². The van der Waals surface area contributed by atoms with Crippen LogP contribution in [0, 0.1) is 0 Å². The van der Waals surface area contributed by atoms with E-state index in [0.29, 0.717) is 0 Å². The fourth-order valence-corrected chi connectivity index (χ4v) is 1.73. The van der Waals surface area contributed by atoms with Crippen LogP contribution in [0.4, 0.5) is 12.9 Å². The van der Waals surface area contributed by atoms with E-state index < -0.39 is 15.6 Å². The van der Waals surface area contributed by atoms with Gasteiger partial charge in [0.2, 0.25) is 0 Å². The van der Waals surface area contributed by atoms with Gasteiger partial charge < -0.3 is 0 Å². The van der Waals surface area contributed by atoms with E-state index in [1.165, 1.54) is 6.04 Å². The molecule has 0 aliphatic carbocycles. The molecule has 0 bridgehead atoms. The smallest absolute Gasteiger partial charge is 0.254 e. The quantitative estimate of drug-likeness (QED) is 0.539. The molecule has 0 spiro atoms. The molecule has 0 unspecified atom stereocenters. The average Bonchev–Trinajstić information content (AvgIpc) is 1.83.